The van der Waals surface area contributed by atoms with Crippen LogP contribution in [-0.2, 0) is 9.53 Å². The Morgan fingerprint density at radius 1 is 1.30 bits per heavy atom. The Balaban J connectivity index is 0.00000676. The van der Waals surface area contributed by atoms with Gasteiger partial charge in [0.1, 0.15) is 12.1 Å². The maximum Gasteiger partial charge on any atom is 0.407 e. The van der Waals surface area contributed by atoms with Gasteiger partial charge < -0.3 is 25.2 Å². The second kappa shape index (κ2) is 12.2. The van der Waals surface area contributed by atoms with Gasteiger partial charge in [0, 0.05) is 33.7 Å². The summed E-state index contributed by atoms with van der Waals surface area (Å²) in [4.78, 5) is 31.9. The van der Waals surface area contributed by atoms with Gasteiger partial charge in [-0.25, -0.2) is 9.79 Å². The average Bonchev–Trinajstić information content (AvgIpc) is 2.96. The summed E-state index contributed by atoms with van der Waals surface area (Å²) in [6.07, 6.45) is 2.54. The maximum absolute atomic E-state index is 11.9. The van der Waals surface area contributed by atoms with Gasteiger partial charge in [-0.2, -0.15) is 0 Å². The van der Waals surface area contributed by atoms with Crippen LogP contribution in [0, 0.1) is 0 Å². The summed E-state index contributed by atoms with van der Waals surface area (Å²) in [5.41, 5.74) is -0.511. The Labute approximate surface area is 180 Å². The van der Waals surface area contributed by atoms with Crippen LogP contribution in [0.1, 0.15) is 47.0 Å². The first-order chi connectivity index (χ1) is 12.1. The van der Waals surface area contributed by atoms with Crippen LogP contribution in [0.3, 0.4) is 0 Å². The number of nitrogens with zero attached hydrogens (tertiary/aromatic N) is 3. The lowest BCUT2D eigenvalue weighted by atomic mass is 10.2. The highest BCUT2D eigenvalue weighted by atomic mass is 127. The van der Waals surface area contributed by atoms with E-state index in [9.17, 15) is 9.59 Å². The van der Waals surface area contributed by atoms with Gasteiger partial charge in [0.15, 0.2) is 5.96 Å². The summed E-state index contributed by atoms with van der Waals surface area (Å²) in [6, 6.07) is 0.00701. The number of hydrogen-bond acceptors (Lipinski definition) is 4. The number of rotatable bonds is 6. The highest BCUT2D eigenvalue weighted by molar-refractivity contribution is 14.0. The summed E-state index contributed by atoms with van der Waals surface area (Å²) < 4.78 is 5.32. The molecule has 0 bridgehead atoms. The standard InChI is InChI=1S/C18H35N5O3.HI/c1-7-8-10-19-16(20-12-15(24)22(5)6)23-11-9-14(13-23)21-17(25)26-18(2,3)4;/h14H,7-13H2,1-6H3,(H,19,20)(H,21,25);1H. The number of aliphatic imine (C=N–C) groups is 1. The average molecular weight is 497 g/mol. The van der Waals surface area contributed by atoms with Gasteiger partial charge in [-0.05, 0) is 33.6 Å². The largest absolute Gasteiger partial charge is 0.444 e. The number of hydrogen-bond donors (Lipinski definition) is 2. The molecule has 0 saturated carbocycles. The third kappa shape index (κ3) is 10.6. The molecular formula is C18H36IN5O3. The number of guanidine groups is 1. The van der Waals surface area contributed by atoms with Crippen LogP contribution in [0.25, 0.3) is 0 Å². The molecule has 1 atom stereocenters. The molecule has 2 amide bonds. The lowest BCUT2D eigenvalue weighted by Gasteiger charge is -2.24. The SMILES string of the molecule is CCCCNC(=NCC(=O)N(C)C)N1CCC(NC(=O)OC(C)(C)C)C1.I. The Morgan fingerprint density at radius 2 is 1.96 bits per heavy atom. The smallest absolute Gasteiger partial charge is 0.407 e. The number of carbonyl (C=O) groups excluding carboxylic acids is 2. The molecule has 1 heterocycles. The normalized spacial score (nSPS) is 17.2. The predicted octanol–water partition coefficient (Wildman–Crippen LogP) is 2.04. The number of likely N-dealkylation sites (tertiary alicyclic amines) is 1. The zero-order valence-electron chi connectivity index (χ0n) is 17.5. The van der Waals surface area contributed by atoms with Crippen LogP contribution in [-0.4, -0.2) is 79.7 Å². The minimum Gasteiger partial charge on any atom is -0.444 e. The van der Waals surface area contributed by atoms with Crippen molar-refractivity contribution in [1.82, 2.24) is 20.4 Å². The van der Waals surface area contributed by atoms with Gasteiger partial charge in [-0.15, -0.1) is 24.0 Å². The number of unbranched alkanes of at least 4 members (excludes halogenated alkanes) is 1. The number of carbonyl (C=O) groups is 2. The van der Waals surface area contributed by atoms with E-state index in [-0.39, 0.29) is 42.5 Å². The van der Waals surface area contributed by atoms with Crippen molar-refractivity contribution in [1.29, 1.82) is 0 Å². The van der Waals surface area contributed by atoms with Crippen molar-refractivity contribution in [3.05, 3.63) is 0 Å². The molecule has 27 heavy (non-hydrogen) atoms. The number of halogens is 1. The van der Waals surface area contributed by atoms with Gasteiger partial charge >= 0.3 is 6.09 Å². The van der Waals surface area contributed by atoms with Gasteiger partial charge in [0.05, 0.1) is 6.04 Å². The topological polar surface area (TPSA) is 86.3 Å². The minimum absolute atomic E-state index is 0. The second-order valence-electron chi connectivity index (χ2n) is 7.79. The fourth-order valence-electron chi connectivity index (χ4n) is 2.47. The van der Waals surface area contributed by atoms with Crippen molar-refractivity contribution in [2.75, 3.05) is 40.3 Å². The van der Waals surface area contributed by atoms with Crippen LogP contribution in [0.4, 0.5) is 4.79 Å². The number of ether oxygens (including phenoxy) is 1. The molecule has 0 radical (unpaired) electrons. The Kier molecular flexibility index (Phi) is 11.7. The second-order valence-corrected chi connectivity index (χ2v) is 7.79. The molecule has 158 valence electrons. The lowest BCUT2D eigenvalue weighted by molar-refractivity contribution is -0.127. The predicted molar refractivity (Wildman–Crippen MR) is 119 cm³/mol. The molecule has 0 aliphatic carbocycles. The maximum atomic E-state index is 11.9. The van der Waals surface area contributed by atoms with E-state index in [1.54, 1.807) is 14.1 Å². The van der Waals surface area contributed by atoms with Gasteiger partial charge in [0.2, 0.25) is 5.91 Å². The molecule has 1 unspecified atom stereocenters. The molecule has 0 spiro atoms. The van der Waals surface area contributed by atoms with Crippen LogP contribution >= 0.6 is 24.0 Å². The fraction of sp³-hybridized carbons (Fsp3) is 0.833. The van der Waals surface area contributed by atoms with E-state index in [4.69, 9.17) is 4.74 Å². The molecule has 1 aliphatic rings. The first-order valence-corrected chi connectivity index (χ1v) is 9.35. The van der Waals surface area contributed by atoms with E-state index in [1.807, 2.05) is 20.8 Å². The number of likely N-dealkylation sites (N-methyl/N-ethyl adjacent to an activating group) is 1. The monoisotopic (exact) mass is 497 g/mol. The highest BCUT2D eigenvalue weighted by Gasteiger charge is 2.28. The van der Waals surface area contributed by atoms with E-state index in [0.29, 0.717) is 6.54 Å². The van der Waals surface area contributed by atoms with Crippen LogP contribution in [0.2, 0.25) is 0 Å². The number of amides is 2. The van der Waals surface area contributed by atoms with Gasteiger partial charge in [0.25, 0.3) is 0 Å². The Morgan fingerprint density at radius 3 is 2.52 bits per heavy atom. The molecule has 9 heteroatoms. The summed E-state index contributed by atoms with van der Waals surface area (Å²) >= 11 is 0. The molecule has 1 saturated heterocycles. The zero-order chi connectivity index (χ0) is 19.7. The molecule has 2 N–H and O–H groups in total. The quantitative estimate of drug-likeness (QED) is 0.254. The first-order valence-electron chi connectivity index (χ1n) is 9.35. The molecule has 8 nitrogen and oxygen atoms in total. The molecule has 0 aromatic heterocycles. The van der Waals surface area contributed by atoms with Crippen LogP contribution < -0.4 is 10.6 Å². The van der Waals surface area contributed by atoms with Crippen LogP contribution in [0.15, 0.2) is 4.99 Å². The lowest BCUT2D eigenvalue weighted by Crippen LogP contribution is -2.44. The fourth-order valence-corrected chi connectivity index (χ4v) is 2.47. The zero-order valence-corrected chi connectivity index (χ0v) is 19.8. The van der Waals surface area contributed by atoms with Crippen molar-refractivity contribution in [2.45, 2.75) is 58.6 Å². The molecular weight excluding hydrogens is 461 g/mol. The Hall–Kier alpha value is -1.26. The molecule has 1 rings (SSSR count). The third-order valence-electron chi connectivity index (χ3n) is 3.88. The minimum atomic E-state index is -0.511. The van der Waals surface area contributed by atoms with Crippen molar-refractivity contribution in [2.24, 2.45) is 4.99 Å². The summed E-state index contributed by atoms with van der Waals surface area (Å²) in [7, 11) is 3.44. The van der Waals surface area contributed by atoms with Crippen molar-refractivity contribution in [3.8, 4) is 0 Å². The molecule has 1 aliphatic heterocycles. The number of alkyl carbamates (subject to hydrolysis) is 1. The summed E-state index contributed by atoms with van der Waals surface area (Å²) in [5, 5.41) is 6.24. The van der Waals surface area contributed by atoms with Crippen molar-refractivity contribution in [3.63, 3.8) is 0 Å². The summed E-state index contributed by atoms with van der Waals surface area (Å²) in [5.74, 6) is 0.685. The first kappa shape index (κ1) is 25.7. The summed E-state index contributed by atoms with van der Waals surface area (Å²) in [6.45, 7) is 10.0. The molecule has 1 fully saturated rings. The Bertz CT molecular complexity index is 506. The highest BCUT2D eigenvalue weighted by Crippen LogP contribution is 2.12. The van der Waals surface area contributed by atoms with Crippen molar-refractivity contribution < 1.29 is 14.3 Å². The van der Waals surface area contributed by atoms with E-state index in [2.05, 4.69) is 27.4 Å². The van der Waals surface area contributed by atoms with Crippen LogP contribution in [0.5, 0.6) is 0 Å². The van der Waals surface area contributed by atoms with Gasteiger partial charge in [-0.1, -0.05) is 13.3 Å². The van der Waals surface area contributed by atoms with E-state index >= 15 is 0 Å². The molecule has 0 aromatic carbocycles. The van der Waals surface area contributed by atoms with E-state index in [0.717, 1.165) is 38.3 Å². The van der Waals surface area contributed by atoms with E-state index < -0.39 is 11.7 Å². The van der Waals surface area contributed by atoms with Gasteiger partial charge in [-0.3, -0.25) is 4.79 Å². The van der Waals surface area contributed by atoms with Crippen molar-refractivity contribution >= 4 is 41.9 Å². The third-order valence-corrected chi connectivity index (χ3v) is 3.88. The number of nitrogens with one attached hydrogen (secondary N) is 2. The molecule has 0 aromatic rings. The van der Waals surface area contributed by atoms with E-state index in [1.165, 1.54) is 4.90 Å².